The normalized spacial score (nSPS) is 11.6. The van der Waals surface area contributed by atoms with Gasteiger partial charge in [-0.3, -0.25) is 0 Å². The predicted octanol–water partition coefficient (Wildman–Crippen LogP) is 7.27. The molecule has 0 saturated carbocycles. The quantitative estimate of drug-likeness (QED) is 0.312. The van der Waals surface area contributed by atoms with E-state index in [-0.39, 0.29) is 0 Å². The molecule has 0 atom stereocenters. The minimum atomic E-state index is -4.36. The topological polar surface area (TPSA) is 26.3 Å². The van der Waals surface area contributed by atoms with Crippen molar-refractivity contribution in [3.63, 3.8) is 0 Å². The maximum absolute atomic E-state index is 13.0. The van der Waals surface area contributed by atoms with Gasteiger partial charge in [0.25, 0.3) is 0 Å². The summed E-state index contributed by atoms with van der Waals surface area (Å²) in [5.74, 6) is -0.398. The van der Waals surface area contributed by atoms with Crippen LogP contribution in [-0.4, -0.2) is 13.1 Å². The first-order chi connectivity index (χ1) is 14.8. The van der Waals surface area contributed by atoms with E-state index in [9.17, 15) is 18.0 Å². The van der Waals surface area contributed by atoms with Gasteiger partial charge in [0, 0.05) is 16.0 Å². The Morgan fingerprint density at radius 2 is 1.74 bits per heavy atom. The standard InChI is InChI=1S/C25H19F3O2S/c1-15-9-10-18(24(29)30-2)14-22(15)21-8-4-6-17-13-20(31-23(17)21)12-16-5-3-7-19(11-16)25(26,27)28/h3-11,13-14H,12H2,1-2H3. The Bertz CT molecular complexity index is 1270. The average molecular weight is 440 g/mol. The molecule has 1 heterocycles. The molecule has 0 aliphatic rings. The van der Waals surface area contributed by atoms with Gasteiger partial charge in [0.05, 0.1) is 18.2 Å². The lowest BCUT2D eigenvalue weighted by Gasteiger charge is -2.09. The molecule has 0 unspecified atom stereocenters. The number of benzene rings is 3. The summed E-state index contributed by atoms with van der Waals surface area (Å²) in [7, 11) is 1.35. The zero-order valence-electron chi connectivity index (χ0n) is 16.9. The number of alkyl halides is 3. The number of hydrogen-bond acceptors (Lipinski definition) is 3. The van der Waals surface area contributed by atoms with E-state index in [1.165, 1.54) is 19.2 Å². The number of aryl methyl sites for hydroxylation is 1. The first kappa shape index (κ1) is 21.1. The lowest BCUT2D eigenvalue weighted by atomic mass is 9.97. The van der Waals surface area contributed by atoms with Crippen molar-refractivity contribution in [1.29, 1.82) is 0 Å². The van der Waals surface area contributed by atoms with Gasteiger partial charge in [-0.25, -0.2) is 4.79 Å². The Hall–Kier alpha value is -3.12. The van der Waals surface area contributed by atoms with Crippen LogP contribution in [0.1, 0.15) is 31.9 Å². The fourth-order valence-corrected chi connectivity index (χ4v) is 4.85. The van der Waals surface area contributed by atoms with Crippen LogP contribution in [0.3, 0.4) is 0 Å². The van der Waals surface area contributed by atoms with E-state index in [1.54, 1.807) is 23.5 Å². The van der Waals surface area contributed by atoms with Gasteiger partial charge in [0.1, 0.15) is 0 Å². The predicted molar refractivity (Wildman–Crippen MR) is 118 cm³/mol. The molecule has 0 aliphatic heterocycles. The van der Waals surface area contributed by atoms with Gasteiger partial charge >= 0.3 is 12.1 Å². The van der Waals surface area contributed by atoms with Crippen LogP contribution in [0.2, 0.25) is 0 Å². The van der Waals surface area contributed by atoms with Crippen molar-refractivity contribution in [2.24, 2.45) is 0 Å². The summed E-state index contributed by atoms with van der Waals surface area (Å²) in [4.78, 5) is 13.0. The van der Waals surface area contributed by atoms with E-state index in [4.69, 9.17) is 4.74 Å². The number of ether oxygens (including phenoxy) is 1. The number of carbonyl (C=O) groups is 1. The highest BCUT2D eigenvalue weighted by Gasteiger charge is 2.30. The number of halogens is 3. The van der Waals surface area contributed by atoms with Crippen LogP contribution in [0.25, 0.3) is 21.2 Å². The van der Waals surface area contributed by atoms with Crippen molar-refractivity contribution >= 4 is 27.4 Å². The molecule has 0 radical (unpaired) electrons. The van der Waals surface area contributed by atoms with Crippen molar-refractivity contribution in [3.8, 4) is 11.1 Å². The number of carbonyl (C=O) groups excluding carboxylic acids is 1. The fraction of sp³-hybridized carbons (Fsp3) is 0.160. The van der Waals surface area contributed by atoms with E-state index >= 15 is 0 Å². The Morgan fingerprint density at radius 3 is 2.48 bits per heavy atom. The third kappa shape index (κ3) is 4.35. The van der Waals surface area contributed by atoms with Gasteiger partial charge in [-0.05, 0) is 58.8 Å². The second-order valence-corrected chi connectivity index (χ2v) is 8.47. The molecular formula is C25H19F3O2S. The van der Waals surface area contributed by atoms with Gasteiger partial charge < -0.3 is 4.74 Å². The molecule has 4 aromatic rings. The monoisotopic (exact) mass is 440 g/mol. The van der Waals surface area contributed by atoms with Gasteiger partial charge in [0.2, 0.25) is 0 Å². The summed E-state index contributed by atoms with van der Waals surface area (Å²) in [5.41, 5.74) is 3.39. The molecular weight excluding hydrogens is 421 g/mol. The molecule has 6 heteroatoms. The lowest BCUT2D eigenvalue weighted by molar-refractivity contribution is -0.137. The summed E-state index contributed by atoms with van der Waals surface area (Å²) in [6, 6.07) is 18.8. The summed E-state index contributed by atoms with van der Waals surface area (Å²) in [6.45, 7) is 1.98. The molecule has 158 valence electrons. The van der Waals surface area contributed by atoms with Crippen LogP contribution in [0.15, 0.2) is 66.7 Å². The highest BCUT2D eigenvalue weighted by atomic mass is 32.1. The number of esters is 1. The highest BCUT2D eigenvalue weighted by Crippen LogP contribution is 2.38. The SMILES string of the molecule is COC(=O)c1ccc(C)c(-c2cccc3cc(Cc4cccc(C(F)(F)F)c4)sc23)c1. The number of methoxy groups -OCH3 is 1. The molecule has 0 bridgehead atoms. The molecule has 3 aromatic carbocycles. The number of rotatable bonds is 4. The van der Waals surface area contributed by atoms with Gasteiger partial charge in [-0.1, -0.05) is 42.5 Å². The number of thiophene rings is 1. The Morgan fingerprint density at radius 1 is 0.968 bits per heavy atom. The van der Waals surface area contributed by atoms with Gasteiger partial charge in [0.15, 0.2) is 0 Å². The number of hydrogen-bond donors (Lipinski definition) is 0. The summed E-state index contributed by atoms with van der Waals surface area (Å²) in [6.07, 6.45) is -3.94. The van der Waals surface area contributed by atoms with Crippen LogP contribution in [0, 0.1) is 6.92 Å². The van der Waals surface area contributed by atoms with Crippen molar-refractivity contribution in [1.82, 2.24) is 0 Å². The molecule has 2 nitrogen and oxygen atoms in total. The van der Waals surface area contributed by atoms with Gasteiger partial charge in [-0.2, -0.15) is 13.2 Å². The molecule has 0 saturated heterocycles. The molecule has 0 spiro atoms. The average Bonchev–Trinajstić information content (AvgIpc) is 3.15. The second-order valence-electron chi connectivity index (χ2n) is 7.33. The van der Waals surface area contributed by atoms with Crippen molar-refractivity contribution in [3.05, 3.63) is 93.9 Å². The Labute approximate surface area is 181 Å². The van der Waals surface area contributed by atoms with E-state index in [0.717, 1.165) is 37.7 Å². The maximum atomic E-state index is 13.0. The Kier molecular flexibility index (Phi) is 5.58. The minimum absolute atomic E-state index is 0.398. The van der Waals surface area contributed by atoms with E-state index in [0.29, 0.717) is 17.5 Å². The maximum Gasteiger partial charge on any atom is 0.416 e. The first-order valence-corrected chi connectivity index (χ1v) is 10.4. The van der Waals surface area contributed by atoms with Crippen LogP contribution < -0.4 is 0 Å². The third-order valence-corrected chi connectivity index (χ3v) is 6.36. The minimum Gasteiger partial charge on any atom is -0.465 e. The van der Waals surface area contributed by atoms with Crippen molar-refractivity contribution < 1.29 is 22.7 Å². The van der Waals surface area contributed by atoms with E-state index in [1.807, 2.05) is 43.3 Å². The fourth-order valence-electron chi connectivity index (χ4n) is 3.63. The van der Waals surface area contributed by atoms with E-state index in [2.05, 4.69) is 0 Å². The summed E-state index contributed by atoms with van der Waals surface area (Å²) >= 11 is 1.56. The summed E-state index contributed by atoms with van der Waals surface area (Å²) < 4.78 is 45.0. The molecule has 0 aliphatic carbocycles. The van der Waals surface area contributed by atoms with Crippen LogP contribution in [-0.2, 0) is 17.3 Å². The molecule has 0 amide bonds. The summed E-state index contributed by atoms with van der Waals surface area (Å²) in [5, 5.41) is 1.02. The highest BCUT2D eigenvalue weighted by molar-refractivity contribution is 7.19. The first-order valence-electron chi connectivity index (χ1n) is 9.63. The zero-order chi connectivity index (χ0) is 22.2. The number of fused-ring (bicyclic) bond motifs is 1. The molecule has 4 rings (SSSR count). The third-order valence-electron chi connectivity index (χ3n) is 5.18. The largest absolute Gasteiger partial charge is 0.465 e. The van der Waals surface area contributed by atoms with Crippen LogP contribution in [0.4, 0.5) is 13.2 Å². The van der Waals surface area contributed by atoms with E-state index < -0.39 is 17.7 Å². The lowest BCUT2D eigenvalue weighted by Crippen LogP contribution is -2.05. The van der Waals surface area contributed by atoms with Crippen LogP contribution in [0.5, 0.6) is 0 Å². The molecule has 0 fully saturated rings. The molecule has 0 N–H and O–H groups in total. The smallest absolute Gasteiger partial charge is 0.416 e. The van der Waals surface area contributed by atoms with Gasteiger partial charge in [-0.15, -0.1) is 11.3 Å². The molecule has 1 aromatic heterocycles. The van der Waals surface area contributed by atoms with Crippen molar-refractivity contribution in [2.45, 2.75) is 19.5 Å². The van der Waals surface area contributed by atoms with Crippen molar-refractivity contribution in [2.75, 3.05) is 7.11 Å². The second kappa shape index (κ2) is 8.19. The zero-order valence-corrected chi connectivity index (χ0v) is 17.7. The van der Waals surface area contributed by atoms with Crippen LogP contribution >= 0.6 is 11.3 Å². The molecule has 31 heavy (non-hydrogen) atoms. The Balaban J connectivity index is 1.74.